The third kappa shape index (κ3) is 10.0. The van der Waals surface area contributed by atoms with Crippen LogP contribution in [0.5, 0.6) is 11.5 Å². The van der Waals surface area contributed by atoms with E-state index in [0.29, 0.717) is 24.1 Å². The average Bonchev–Trinajstić information content (AvgIpc) is 2.57. The Hall–Kier alpha value is -1.71. The van der Waals surface area contributed by atoms with Crippen LogP contribution in [0.1, 0.15) is 97.1 Å². The van der Waals surface area contributed by atoms with Crippen LogP contribution in [0.25, 0.3) is 0 Å². The van der Waals surface area contributed by atoms with Crippen molar-refractivity contribution in [3.05, 3.63) is 23.3 Å². The molecule has 0 saturated carbocycles. The van der Waals surface area contributed by atoms with Gasteiger partial charge in [-0.15, -0.1) is 0 Å². The first-order chi connectivity index (χ1) is 13.0. The summed E-state index contributed by atoms with van der Waals surface area (Å²) in [7, 11) is 0. The number of ether oxygens (including phenoxy) is 1. The molecule has 0 saturated heterocycles. The molecule has 0 aromatic heterocycles. The average molecular weight is 393 g/mol. The van der Waals surface area contributed by atoms with E-state index in [9.17, 15) is 15.0 Å². The van der Waals surface area contributed by atoms with Gasteiger partial charge in [0.1, 0.15) is 17.1 Å². The molecule has 4 heteroatoms. The van der Waals surface area contributed by atoms with Crippen molar-refractivity contribution >= 4 is 6.47 Å². The molecule has 28 heavy (non-hydrogen) atoms. The van der Waals surface area contributed by atoms with Gasteiger partial charge in [-0.3, -0.25) is 4.79 Å². The van der Waals surface area contributed by atoms with Crippen molar-refractivity contribution in [3.8, 4) is 11.5 Å². The van der Waals surface area contributed by atoms with Crippen LogP contribution in [0.4, 0.5) is 0 Å². The molecule has 4 nitrogen and oxygen atoms in total. The van der Waals surface area contributed by atoms with Crippen LogP contribution in [-0.2, 0) is 22.4 Å². The molecule has 0 atom stereocenters. The Bertz CT molecular complexity index is 599. The van der Waals surface area contributed by atoms with Crippen LogP contribution >= 0.6 is 0 Å². The summed E-state index contributed by atoms with van der Waals surface area (Å²) in [6.07, 6.45) is 9.89. The molecular weight excluding hydrogens is 352 g/mol. The molecule has 0 bridgehead atoms. The van der Waals surface area contributed by atoms with Crippen molar-refractivity contribution in [2.24, 2.45) is 5.41 Å². The van der Waals surface area contributed by atoms with Gasteiger partial charge in [0.05, 0.1) is 0 Å². The number of rotatable bonds is 13. The normalized spacial score (nSPS) is 12.2. The van der Waals surface area contributed by atoms with Crippen molar-refractivity contribution < 1.29 is 19.7 Å². The summed E-state index contributed by atoms with van der Waals surface area (Å²) in [5.74, 6) is 0.552. The van der Waals surface area contributed by atoms with E-state index in [0.717, 1.165) is 49.7 Å². The molecule has 0 radical (unpaired) electrons. The standard InChI is InChI=1S/C24H40O4/c1-23(2,3)14-10-7-6-8-12-19-16-21(26)17-20(22(19)27)13-9-11-15-24(4,5)28-18-25/h16-18,26-27H,6-15H2,1-5H3. The Morgan fingerprint density at radius 3 is 1.86 bits per heavy atom. The SMILES string of the molecule is CC(C)(C)CCCCCCc1cc(O)cc(CCCCC(C)(C)OC=O)c1O. The summed E-state index contributed by atoms with van der Waals surface area (Å²) in [6.45, 7) is 11.1. The Kier molecular flexibility index (Phi) is 9.84. The highest BCUT2D eigenvalue weighted by atomic mass is 16.5. The number of phenolic OH excluding ortho intramolecular Hbond substituents is 2. The third-order valence-electron chi connectivity index (χ3n) is 5.22. The van der Waals surface area contributed by atoms with Crippen molar-refractivity contribution in [1.82, 2.24) is 0 Å². The highest BCUT2D eigenvalue weighted by molar-refractivity contribution is 5.46. The molecule has 0 spiro atoms. The van der Waals surface area contributed by atoms with Gasteiger partial charge in [0.25, 0.3) is 6.47 Å². The van der Waals surface area contributed by atoms with E-state index in [1.54, 1.807) is 12.1 Å². The van der Waals surface area contributed by atoms with E-state index in [2.05, 4.69) is 20.8 Å². The maximum absolute atomic E-state index is 10.6. The third-order valence-corrected chi connectivity index (χ3v) is 5.22. The number of hydrogen-bond donors (Lipinski definition) is 2. The summed E-state index contributed by atoms with van der Waals surface area (Å²) in [6, 6.07) is 3.35. The Morgan fingerprint density at radius 1 is 0.821 bits per heavy atom. The second-order valence-corrected chi connectivity index (χ2v) is 9.77. The Labute approximate surface area is 171 Å². The predicted molar refractivity (Wildman–Crippen MR) is 115 cm³/mol. The molecule has 0 aliphatic carbocycles. The minimum Gasteiger partial charge on any atom is -0.508 e. The highest BCUT2D eigenvalue weighted by Crippen LogP contribution is 2.31. The van der Waals surface area contributed by atoms with Gasteiger partial charge in [-0.05, 0) is 87.5 Å². The summed E-state index contributed by atoms with van der Waals surface area (Å²) in [5.41, 5.74) is 1.58. The molecule has 1 aromatic carbocycles. The molecule has 2 N–H and O–H groups in total. The minimum atomic E-state index is -0.458. The van der Waals surface area contributed by atoms with Gasteiger partial charge >= 0.3 is 0 Å². The molecular formula is C24H40O4. The van der Waals surface area contributed by atoms with Crippen molar-refractivity contribution in [3.63, 3.8) is 0 Å². The maximum Gasteiger partial charge on any atom is 0.293 e. The van der Waals surface area contributed by atoms with Crippen LogP contribution in [0.15, 0.2) is 12.1 Å². The van der Waals surface area contributed by atoms with Crippen LogP contribution in [0, 0.1) is 5.41 Å². The van der Waals surface area contributed by atoms with E-state index < -0.39 is 5.60 Å². The molecule has 0 amide bonds. The largest absolute Gasteiger partial charge is 0.508 e. The zero-order valence-corrected chi connectivity index (χ0v) is 18.5. The Balaban J connectivity index is 2.46. The zero-order chi connectivity index (χ0) is 21.2. The summed E-state index contributed by atoms with van der Waals surface area (Å²) < 4.78 is 5.06. The van der Waals surface area contributed by atoms with Gasteiger partial charge in [0, 0.05) is 0 Å². The fourth-order valence-electron chi connectivity index (χ4n) is 3.50. The van der Waals surface area contributed by atoms with Crippen LogP contribution in [0.3, 0.4) is 0 Å². The van der Waals surface area contributed by atoms with Gasteiger partial charge in [0.2, 0.25) is 0 Å². The van der Waals surface area contributed by atoms with E-state index in [4.69, 9.17) is 4.74 Å². The lowest BCUT2D eigenvalue weighted by Crippen LogP contribution is -2.23. The summed E-state index contributed by atoms with van der Waals surface area (Å²) >= 11 is 0. The van der Waals surface area contributed by atoms with Gasteiger partial charge in [-0.2, -0.15) is 0 Å². The van der Waals surface area contributed by atoms with Crippen LogP contribution in [-0.4, -0.2) is 22.3 Å². The van der Waals surface area contributed by atoms with Crippen molar-refractivity contribution in [2.75, 3.05) is 0 Å². The molecule has 1 rings (SSSR count). The number of hydrogen-bond acceptors (Lipinski definition) is 4. The number of aromatic hydroxyl groups is 2. The summed E-state index contributed by atoms with van der Waals surface area (Å²) in [5, 5.41) is 20.6. The molecule has 0 unspecified atom stereocenters. The van der Waals surface area contributed by atoms with Gasteiger partial charge in [0.15, 0.2) is 0 Å². The second-order valence-electron chi connectivity index (χ2n) is 9.77. The smallest absolute Gasteiger partial charge is 0.293 e. The van der Waals surface area contributed by atoms with E-state index in [-0.39, 0.29) is 5.75 Å². The number of carbonyl (C=O) groups excluding carboxylic acids is 1. The van der Waals surface area contributed by atoms with E-state index >= 15 is 0 Å². The fraction of sp³-hybridized carbons (Fsp3) is 0.708. The summed E-state index contributed by atoms with van der Waals surface area (Å²) in [4.78, 5) is 10.5. The van der Waals surface area contributed by atoms with E-state index in [1.807, 2.05) is 13.8 Å². The number of phenols is 2. The number of aryl methyl sites for hydroxylation is 2. The maximum atomic E-state index is 10.6. The molecule has 1 aromatic rings. The lowest BCUT2D eigenvalue weighted by atomic mass is 9.89. The first kappa shape index (κ1) is 24.3. The minimum absolute atomic E-state index is 0.222. The zero-order valence-electron chi connectivity index (χ0n) is 18.5. The van der Waals surface area contributed by atoms with Crippen LogP contribution < -0.4 is 0 Å². The second kappa shape index (κ2) is 11.3. The number of benzene rings is 1. The number of carbonyl (C=O) groups is 1. The predicted octanol–water partition coefficient (Wildman–Crippen LogP) is 6.30. The lowest BCUT2D eigenvalue weighted by molar-refractivity contribution is -0.140. The van der Waals surface area contributed by atoms with Crippen LogP contribution in [0.2, 0.25) is 0 Å². The monoisotopic (exact) mass is 392 g/mol. The molecule has 0 aliphatic heterocycles. The molecule has 0 aliphatic rings. The molecule has 160 valence electrons. The van der Waals surface area contributed by atoms with Gasteiger partial charge in [-0.25, -0.2) is 0 Å². The fourth-order valence-corrected chi connectivity index (χ4v) is 3.50. The van der Waals surface area contributed by atoms with Crippen molar-refractivity contribution in [2.45, 2.75) is 104 Å². The number of unbranched alkanes of at least 4 members (excludes halogenated alkanes) is 4. The lowest BCUT2D eigenvalue weighted by Gasteiger charge is -2.22. The highest BCUT2D eigenvalue weighted by Gasteiger charge is 2.18. The van der Waals surface area contributed by atoms with Gasteiger partial charge in [-0.1, -0.05) is 40.0 Å². The molecule has 0 fully saturated rings. The topological polar surface area (TPSA) is 66.8 Å². The molecule has 0 heterocycles. The first-order valence-corrected chi connectivity index (χ1v) is 10.7. The first-order valence-electron chi connectivity index (χ1n) is 10.7. The van der Waals surface area contributed by atoms with E-state index in [1.165, 1.54) is 19.3 Å². The van der Waals surface area contributed by atoms with Gasteiger partial charge < -0.3 is 14.9 Å². The Morgan fingerprint density at radius 2 is 1.32 bits per heavy atom. The quantitative estimate of drug-likeness (QED) is 0.235. The van der Waals surface area contributed by atoms with Crippen molar-refractivity contribution in [1.29, 1.82) is 0 Å².